The van der Waals surface area contributed by atoms with Gasteiger partial charge in [0.25, 0.3) is 0 Å². The van der Waals surface area contributed by atoms with Crippen LogP contribution in [0.1, 0.15) is 94.1 Å². The SMILES string of the molecule is CC1=CC[C@H](C(=O)N(c2cc(C#CC(C)(C)C)sc2C(=O)O)C2CCC(O[C@H]3CCOC3)CC2)[C@H](C)C1. The molecule has 1 N–H and O–H groups in total. The van der Waals surface area contributed by atoms with Gasteiger partial charge >= 0.3 is 5.97 Å². The van der Waals surface area contributed by atoms with Gasteiger partial charge in [0.15, 0.2) is 0 Å². The molecule has 1 amide bonds. The zero-order valence-corrected chi connectivity index (χ0v) is 23.7. The Balaban J connectivity index is 1.63. The van der Waals surface area contributed by atoms with Crippen LogP contribution in [0, 0.1) is 29.1 Å². The Morgan fingerprint density at radius 2 is 1.89 bits per heavy atom. The molecule has 1 saturated heterocycles. The third-order valence-electron chi connectivity index (χ3n) is 7.61. The van der Waals surface area contributed by atoms with Crippen molar-refractivity contribution in [3.63, 3.8) is 0 Å². The van der Waals surface area contributed by atoms with Crippen LogP contribution in [0.3, 0.4) is 0 Å². The number of carbonyl (C=O) groups is 2. The van der Waals surface area contributed by atoms with Gasteiger partial charge in [-0.05, 0) is 84.6 Å². The summed E-state index contributed by atoms with van der Waals surface area (Å²) in [5.74, 6) is 5.47. The van der Waals surface area contributed by atoms with E-state index in [-0.39, 0.29) is 46.3 Å². The largest absolute Gasteiger partial charge is 0.477 e. The van der Waals surface area contributed by atoms with Crippen molar-refractivity contribution in [2.24, 2.45) is 17.3 Å². The number of allylic oxidation sites excluding steroid dienone is 2. The third-order valence-corrected chi connectivity index (χ3v) is 8.64. The maximum Gasteiger partial charge on any atom is 0.348 e. The monoisotopic (exact) mass is 527 g/mol. The Hall–Kier alpha value is -2.14. The first-order valence-electron chi connectivity index (χ1n) is 13.6. The Kier molecular flexibility index (Phi) is 8.83. The summed E-state index contributed by atoms with van der Waals surface area (Å²) >= 11 is 1.17. The van der Waals surface area contributed by atoms with Gasteiger partial charge in [0.05, 0.1) is 29.4 Å². The maximum absolute atomic E-state index is 14.2. The summed E-state index contributed by atoms with van der Waals surface area (Å²) in [7, 11) is 0. The number of ether oxygens (including phenoxy) is 2. The van der Waals surface area contributed by atoms with E-state index < -0.39 is 5.97 Å². The van der Waals surface area contributed by atoms with Gasteiger partial charge in [-0.2, -0.15) is 0 Å². The van der Waals surface area contributed by atoms with Crippen LogP contribution in [-0.2, 0) is 14.3 Å². The molecule has 0 radical (unpaired) electrons. The molecule has 3 aliphatic rings. The van der Waals surface area contributed by atoms with Gasteiger partial charge in [-0.3, -0.25) is 4.79 Å². The van der Waals surface area contributed by atoms with Gasteiger partial charge in [-0.15, -0.1) is 11.3 Å². The molecule has 37 heavy (non-hydrogen) atoms. The van der Waals surface area contributed by atoms with E-state index in [4.69, 9.17) is 9.47 Å². The quantitative estimate of drug-likeness (QED) is 0.348. The molecule has 2 fully saturated rings. The second-order valence-electron chi connectivity index (χ2n) is 12.0. The fourth-order valence-corrected chi connectivity index (χ4v) is 6.51. The van der Waals surface area contributed by atoms with E-state index in [0.29, 0.717) is 23.6 Å². The molecule has 0 bridgehead atoms. The van der Waals surface area contributed by atoms with Gasteiger partial charge in [0.1, 0.15) is 4.88 Å². The predicted octanol–water partition coefficient (Wildman–Crippen LogP) is 6.29. The van der Waals surface area contributed by atoms with Crippen LogP contribution in [0.15, 0.2) is 17.7 Å². The zero-order chi connectivity index (χ0) is 26.7. The molecule has 1 saturated carbocycles. The average Bonchev–Trinajstić information content (AvgIpc) is 3.49. The highest BCUT2D eigenvalue weighted by Gasteiger charge is 2.39. The van der Waals surface area contributed by atoms with Crippen molar-refractivity contribution < 1.29 is 24.2 Å². The van der Waals surface area contributed by atoms with Crippen molar-refractivity contribution in [2.45, 2.75) is 97.8 Å². The highest BCUT2D eigenvalue weighted by molar-refractivity contribution is 7.15. The molecular formula is C30H41NO5S. The molecule has 0 spiro atoms. The Morgan fingerprint density at radius 3 is 2.49 bits per heavy atom. The van der Waals surface area contributed by atoms with Gasteiger partial charge in [0, 0.05) is 24.0 Å². The first kappa shape index (κ1) is 27.9. The minimum absolute atomic E-state index is 0.0421. The molecule has 202 valence electrons. The van der Waals surface area contributed by atoms with Crippen LogP contribution >= 0.6 is 11.3 Å². The number of nitrogens with zero attached hydrogens (tertiary/aromatic N) is 1. The summed E-state index contributed by atoms with van der Waals surface area (Å²) < 4.78 is 11.7. The Morgan fingerprint density at radius 1 is 1.16 bits per heavy atom. The van der Waals surface area contributed by atoms with Crippen molar-refractivity contribution in [2.75, 3.05) is 18.1 Å². The molecule has 0 unspecified atom stereocenters. The lowest BCUT2D eigenvalue weighted by Gasteiger charge is -2.40. The van der Waals surface area contributed by atoms with Crippen LogP contribution in [0.4, 0.5) is 5.69 Å². The second kappa shape index (κ2) is 11.7. The molecule has 1 aromatic rings. The zero-order valence-electron chi connectivity index (χ0n) is 22.8. The summed E-state index contributed by atoms with van der Waals surface area (Å²) in [6.45, 7) is 11.8. The number of hydrogen-bond acceptors (Lipinski definition) is 5. The highest BCUT2D eigenvalue weighted by atomic mass is 32.1. The standard InChI is InChI=1S/C30H41NO5S/c1-19-6-11-25(20(2)16-19)28(32)31(21-7-9-22(10-8-21)36-23-13-15-35-18-23)26-17-24(12-14-30(3,4)5)37-27(26)29(33)34/h6,17,20-23,25H,7-11,13,15-16,18H2,1-5H3,(H,33,34)/t20-,21?,22?,23+,25+/m1/s1. The van der Waals surface area contributed by atoms with E-state index in [0.717, 1.165) is 45.1 Å². The number of carboxylic acid groups (broad SMARTS) is 1. The second-order valence-corrected chi connectivity index (χ2v) is 13.0. The van der Waals surface area contributed by atoms with Crippen LogP contribution < -0.4 is 4.90 Å². The van der Waals surface area contributed by atoms with E-state index in [2.05, 4.69) is 31.8 Å². The number of hydrogen-bond donors (Lipinski definition) is 1. The van der Waals surface area contributed by atoms with Crippen molar-refractivity contribution >= 4 is 28.9 Å². The summed E-state index contributed by atoms with van der Waals surface area (Å²) in [5, 5.41) is 10.1. The van der Waals surface area contributed by atoms with Gasteiger partial charge in [-0.1, -0.05) is 30.4 Å². The molecule has 3 atom stereocenters. The average molecular weight is 528 g/mol. The molecule has 0 aromatic carbocycles. The van der Waals surface area contributed by atoms with Crippen molar-refractivity contribution in [3.05, 3.63) is 27.5 Å². The van der Waals surface area contributed by atoms with E-state index in [1.54, 1.807) is 0 Å². The smallest absolute Gasteiger partial charge is 0.348 e. The van der Waals surface area contributed by atoms with Gasteiger partial charge < -0.3 is 19.5 Å². The molecule has 7 heteroatoms. The molecule has 1 aliphatic heterocycles. The van der Waals surface area contributed by atoms with Crippen LogP contribution in [0.25, 0.3) is 0 Å². The summed E-state index contributed by atoms with van der Waals surface area (Å²) in [6.07, 6.45) is 8.31. The predicted molar refractivity (Wildman–Crippen MR) is 147 cm³/mol. The molecule has 4 rings (SSSR count). The minimum atomic E-state index is -1.01. The Labute approximate surface area is 225 Å². The topological polar surface area (TPSA) is 76.1 Å². The first-order chi connectivity index (χ1) is 17.5. The van der Waals surface area contributed by atoms with E-state index >= 15 is 0 Å². The molecule has 2 heterocycles. The fourth-order valence-electron chi connectivity index (χ4n) is 5.67. The van der Waals surface area contributed by atoms with Crippen molar-refractivity contribution in [1.82, 2.24) is 0 Å². The highest BCUT2D eigenvalue weighted by Crippen LogP contribution is 2.39. The lowest BCUT2D eigenvalue weighted by Crippen LogP contribution is -2.48. The van der Waals surface area contributed by atoms with Crippen molar-refractivity contribution in [3.8, 4) is 11.8 Å². The number of amides is 1. The number of thiophene rings is 1. The lowest BCUT2D eigenvalue weighted by atomic mass is 9.79. The number of carbonyl (C=O) groups excluding carboxylic acids is 1. The first-order valence-corrected chi connectivity index (χ1v) is 14.5. The van der Waals surface area contributed by atoms with E-state index in [9.17, 15) is 14.7 Å². The van der Waals surface area contributed by atoms with E-state index in [1.165, 1.54) is 16.9 Å². The summed E-state index contributed by atoms with van der Waals surface area (Å²) in [4.78, 5) is 29.3. The normalized spacial score (nSPS) is 28.2. The van der Waals surface area contributed by atoms with Crippen LogP contribution in [0.2, 0.25) is 0 Å². The molecule has 2 aliphatic carbocycles. The molecule has 6 nitrogen and oxygen atoms in total. The summed E-state index contributed by atoms with van der Waals surface area (Å²) in [5.41, 5.74) is 1.62. The van der Waals surface area contributed by atoms with Crippen LogP contribution in [-0.4, -0.2) is 48.4 Å². The number of anilines is 1. The number of rotatable bonds is 6. The third kappa shape index (κ3) is 7.04. The Bertz CT molecular complexity index is 1070. The van der Waals surface area contributed by atoms with Crippen LogP contribution in [0.5, 0.6) is 0 Å². The lowest BCUT2D eigenvalue weighted by molar-refractivity contribution is -0.124. The summed E-state index contributed by atoms with van der Waals surface area (Å²) in [6, 6.07) is 1.78. The minimum Gasteiger partial charge on any atom is -0.477 e. The van der Waals surface area contributed by atoms with Gasteiger partial charge in [0.2, 0.25) is 5.91 Å². The van der Waals surface area contributed by atoms with Crippen molar-refractivity contribution in [1.29, 1.82) is 0 Å². The molecule has 1 aromatic heterocycles. The van der Waals surface area contributed by atoms with Gasteiger partial charge in [-0.25, -0.2) is 4.79 Å². The number of aromatic carboxylic acids is 1. The fraction of sp³-hybridized carbons (Fsp3) is 0.667. The van der Waals surface area contributed by atoms with E-state index in [1.807, 2.05) is 31.7 Å². The maximum atomic E-state index is 14.2. The molecular weight excluding hydrogens is 486 g/mol. The number of carboxylic acids is 1.